The van der Waals surface area contributed by atoms with Gasteiger partial charge in [-0.15, -0.1) is 0 Å². The summed E-state index contributed by atoms with van der Waals surface area (Å²) in [5.41, 5.74) is 6.56. The minimum Gasteiger partial charge on any atom is -0.491 e. The second-order valence-electron chi connectivity index (χ2n) is 9.90. The number of carbonyl (C=O) groups excluding carboxylic acids is 1. The van der Waals surface area contributed by atoms with Gasteiger partial charge in [-0.25, -0.2) is 0 Å². The third-order valence-electron chi connectivity index (χ3n) is 7.32. The zero-order valence-corrected chi connectivity index (χ0v) is 20.6. The van der Waals surface area contributed by atoms with Gasteiger partial charge in [-0.05, 0) is 98.5 Å². The van der Waals surface area contributed by atoms with E-state index in [1.165, 1.54) is 16.7 Å². The van der Waals surface area contributed by atoms with E-state index in [2.05, 4.69) is 29.7 Å². The molecular formula is C29H36N2O4. The van der Waals surface area contributed by atoms with Gasteiger partial charge in [0, 0.05) is 37.6 Å². The number of fused-ring (bicyclic) bond motifs is 1. The van der Waals surface area contributed by atoms with Crippen LogP contribution in [0.4, 0.5) is 5.69 Å². The smallest absolute Gasteiger partial charge is 0.255 e. The van der Waals surface area contributed by atoms with Crippen LogP contribution in [0.3, 0.4) is 0 Å². The SMILES string of the molecule is Cc1c(NC(=O)c2ccc(OC[C@@H]3CCCO3)cc2)ccc2c1C=C(CNCC1CCOCC1)C2. The van der Waals surface area contributed by atoms with Crippen LogP contribution in [-0.2, 0) is 15.9 Å². The molecule has 1 atom stereocenters. The molecule has 0 saturated carbocycles. The van der Waals surface area contributed by atoms with Crippen molar-refractivity contribution >= 4 is 17.7 Å². The Morgan fingerprint density at radius 3 is 2.66 bits per heavy atom. The predicted octanol–water partition coefficient (Wildman–Crippen LogP) is 4.76. The molecule has 0 spiro atoms. The first-order chi connectivity index (χ1) is 17.2. The van der Waals surface area contributed by atoms with E-state index in [1.807, 2.05) is 30.3 Å². The summed E-state index contributed by atoms with van der Waals surface area (Å²) in [5, 5.41) is 6.74. The van der Waals surface area contributed by atoms with Gasteiger partial charge in [-0.2, -0.15) is 0 Å². The predicted molar refractivity (Wildman–Crippen MR) is 138 cm³/mol. The molecule has 0 aromatic heterocycles. The van der Waals surface area contributed by atoms with E-state index >= 15 is 0 Å². The van der Waals surface area contributed by atoms with Crippen LogP contribution in [0.5, 0.6) is 5.75 Å². The number of anilines is 1. The van der Waals surface area contributed by atoms with Gasteiger partial charge in [0.1, 0.15) is 12.4 Å². The van der Waals surface area contributed by atoms with Crippen molar-refractivity contribution in [3.63, 3.8) is 0 Å². The van der Waals surface area contributed by atoms with E-state index in [0.717, 1.165) is 87.9 Å². The molecule has 2 fully saturated rings. The van der Waals surface area contributed by atoms with E-state index in [4.69, 9.17) is 14.2 Å². The summed E-state index contributed by atoms with van der Waals surface area (Å²) in [5.74, 6) is 1.37. The summed E-state index contributed by atoms with van der Waals surface area (Å²) in [6, 6.07) is 11.5. The van der Waals surface area contributed by atoms with Crippen LogP contribution < -0.4 is 15.4 Å². The first-order valence-electron chi connectivity index (χ1n) is 12.9. The lowest BCUT2D eigenvalue weighted by Gasteiger charge is -2.22. The van der Waals surface area contributed by atoms with E-state index in [0.29, 0.717) is 12.2 Å². The minimum atomic E-state index is -0.112. The third kappa shape index (κ3) is 6.13. The Bertz CT molecular complexity index is 1050. The second kappa shape index (κ2) is 11.4. The maximum Gasteiger partial charge on any atom is 0.255 e. The first kappa shape index (κ1) is 24.0. The van der Waals surface area contributed by atoms with Crippen molar-refractivity contribution in [1.82, 2.24) is 5.32 Å². The van der Waals surface area contributed by atoms with Gasteiger partial charge in [0.15, 0.2) is 0 Å². The topological polar surface area (TPSA) is 68.8 Å². The van der Waals surface area contributed by atoms with Crippen molar-refractivity contribution in [2.75, 3.05) is 44.8 Å². The van der Waals surface area contributed by atoms with Gasteiger partial charge in [-0.1, -0.05) is 17.7 Å². The lowest BCUT2D eigenvalue weighted by Crippen LogP contribution is -2.29. The number of amides is 1. The number of benzene rings is 2. The maximum atomic E-state index is 12.9. The number of rotatable bonds is 9. The highest BCUT2D eigenvalue weighted by molar-refractivity contribution is 6.05. The van der Waals surface area contributed by atoms with E-state index in [-0.39, 0.29) is 12.0 Å². The lowest BCUT2D eigenvalue weighted by atomic mass is 10.0. The van der Waals surface area contributed by atoms with Gasteiger partial charge in [-0.3, -0.25) is 4.79 Å². The minimum absolute atomic E-state index is 0.112. The number of hydrogen-bond donors (Lipinski definition) is 2. The highest BCUT2D eigenvalue weighted by Crippen LogP contribution is 2.32. The van der Waals surface area contributed by atoms with Crippen LogP contribution >= 0.6 is 0 Å². The second-order valence-corrected chi connectivity index (χ2v) is 9.90. The summed E-state index contributed by atoms with van der Waals surface area (Å²) in [6.45, 7) is 7.21. The monoisotopic (exact) mass is 476 g/mol. The molecule has 2 saturated heterocycles. The van der Waals surface area contributed by atoms with Crippen LogP contribution in [-0.4, -0.2) is 51.5 Å². The number of hydrogen-bond acceptors (Lipinski definition) is 5. The van der Waals surface area contributed by atoms with Gasteiger partial charge >= 0.3 is 0 Å². The van der Waals surface area contributed by atoms with Crippen LogP contribution in [0.1, 0.15) is 52.7 Å². The van der Waals surface area contributed by atoms with Gasteiger partial charge < -0.3 is 24.8 Å². The summed E-state index contributed by atoms with van der Waals surface area (Å²) in [6.07, 6.45) is 7.89. The summed E-state index contributed by atoms with van der Waals surface area (Å²) >= 11 is 0. The summed E-state index contributed by atoms with van der Waals surface area (Å²) in [4.78, 5) is 12.9. The van der Waals surface area contributed by atoms with Crippen LogP contribution in [0, 0.1) is 12.8 Å². The molecule has 2 aliphatic heterocycles. The molecule has 2 aromatic carbocycles. The Kier molecular flexibility index (Phi) is 7.82. The fourth-order valence-electron chi connectivity index (χ4n) is 5.14. The van der Waals surface area contributed by atoms with E-state index in [1.54, 1.807) is 0 Å². The quantitative estimate of drug-likeness (QED) is 0.546. The van der Waals surface area contributed by atoms with E-state index in [9.17, 15) is 4.79 Å². The van der Waals surface area contributed by atoms with Crippen molar-refractivity contribution < 1.29 is 19.0 Å². The maximum absolute atomic E-state index is 12.9. The standard InChI is InChI=1S/C29H36N2O4/c1-20-27-16-22(18-30-17-21-10-13-33-14-11-21)15-24(27)6-9-28(20)31-29(32)23-4-7-25(8-5-23)35-19-26-3-2-12-34-26/h4-9,16,21,26,30H,2-3,10-15,17-19H2,1H3,(H,31,32)/t26-/m0/s1. The Morgan fingerprint density at radius 2 is 1.89 bits per heavy atom. The zero-order chi connectivity index (χ0) is 24.0. The molecule has 6 heteroatoms. The Balaban J connectivity index is 1.15. The molecule has 1 aliphatic carbocycles. The Morgan fingerprint density at radius 1 is 1.06 bits per heavy atom. The summed E-state index contributed by atoms with van der Waals surface area (Å²) < 4.78 is 16.9. The van der Waals surface area contributed by atoms with Crippen molar-refractivity contribution in [1.29, 1.82) is 0 Å². The van der Waals surface area contributed by atoms with Crippen LogP contribution in [0.2, 0.25) is 0 Å². The number of carbonyl (C=O) groups is 1. The van der Waals surface area contributed by atoms with Crippen molar-refractivity contribution in [3.05, 3.63) is 64.2 Å². The molecule has 0 radical (unpaired) electrons. The molecule has 0 bridgehead atoms. The molecule has 2 N–H and O–H groups in total. The molecule has 186 valence electrons. The van der Waals surface area contributed by atoms with E-state index < -0.39 is 0 Å². The first-order valence-corrected chi connectivity index (χ1v) is 12.9. The Hall–Kier alpha value is -2.67. The van der Waals surface area contributed by atoms with Crippen molar-refractivity contribution in [3.8, 4) is 5.75 Å². The van der Waals surface area contributed by atoms with Crippen LogP contribution in [0.15, 0.2) is 42.0 Å². The number of nitrogens with one attached hydrogen (secondary N) is 2. The average Bonchev–Trinajstić information content (AvgIpc) is 3.56. The molecule has 35 heavy (non-hydrogen) atoms. The van der Waals surface area contributed by atoms with Crippen LogP contribution in [0.25, 0.3) is 6.08 Å². The fraction of sp³-hybridized carbons (Fsp3) is 0.483. The van der Waals surface area contributed by atoms with Crippen molar-refractivity contribution in [2.45, 2.75) is 45.1 Å². The Labute approximate surface area is 208 Å². The number of ether oxygens (including phenoxy) is 3. The summed E-state index contributed by atoms with van der Waals surface area (Å²) in [7, 11) is 0. The molecule has 1 amide bonds. The molecule has 6 nitrogen and oxygen atoms in total. The molecule has 0 unspecified atom stereocenters. The largest absolute Gasteiger partial charge is 0.491 e. The highest BCUT2D eigenvalue weighted by Gasteiger charge is 2.19. The van der Waals surface area contributed by atoms with Gasteiger partial charge in [0.05, 0.1) is 6.10 Å². The molecule has 2 heterocycles. The molecule has 2 aromatic rings. The highest BCUT2D eigenvalue weighted by atomic mass is 16.5. The third-order valence-corrected chi connectivity index (χ3v) is 7.32. The van der Waals surface area contributed by atoms with Gasteiger partial charge in [0.25, 0.3) is 5.91 Å². The normalized spacial score (nSPS) is 19.9. The lowest BCUT2D eigenvalue weighted by molar-refractivity contribution is 0.0665. The zero-order valence-electron chi connectivity index (χ0n) is 20.6. The molecular weight excluding hydrogens is 440 g/mol. The van der Waals surface area contributed by atoms with Crippen molar-refractivity contribution in [2.24, 2.45) is 5.92 Å². The molecule has 3 aliphatic rings. The fourth-order valence-corrected chi connectivity index (χ4v) is 5.14. The van der Waals surface area contributed by atoms with Gasteiger partial charge in [0.2, 0.25) is 0 Å². The average molecular weight is 477 g/mol. The molecule has 5 rings (SSSR count).